The maximum atomic E-state index is 12.3. The third-order valence-electron chi connectivity index (χ3n) is 2.96. The first-order valence-corrected chi connectivity index (χ1v) is 7.10. The molecule has 1 aromatic carbocycles. The molecule has 0 bridgehead atoms. The quantitative estimate of drug-likeness (QED) is 0.830. The van der Waals surface area contributed by atoms with Gasteiger partial charge in [0.1, 0.15) is 4.90 Å². The smallest absolute Gasteiger partial charge is 0.268 e. The third kappa shape index (κ3) is 1.80. The molecule has 1 aliphatic heterocycles. The molecule has 0 unspecified atom stereocenters. The van der Waals surface area contributed by atoms with Gasteiger partial charge in [-0.05, 0) is 23.8 Å². The standard InChI is InChI=1S/C13H10N2O3S/c16-13-11-5-1-2-6-12(11)19(17,18)15(13)9-10-4-3-7-14-8-10/h1-8H,9H2. The van der Waals surface area contributed by atoms with Crippen molar-refractivity contribution < 1.29 is 13.2 Å². The topological polar surface area (TPSA) is 67.3 Å². The molecule has 2 heterocycles. The minimum Gasteiger partial charge on any atom is -0.268 e. The van der Waals surface area contributed by atoms with Crippen molar-refractivity contribution in [1.29, 1.82) is 0 Å². The summed E-state index contributed by atoms with van der Waals surface area (Å²) in [7, 11) is -3.74. The lowest BCUT2D eigenvalue weighted by Crippen LogP contribution is -2.29. The van der Waals surface area contributed by atoms with Gasteiger partial charge in [0.15, 0.2) is 0 Å². The largest absolute Gasteiger partial charge is 0.269 e. The summed E-state index contributed by atoms with van der Waals surface area (Å²) in [6.07, 6.45) is 3.14. The van der Waals surface area contributed by atoms with Crippen LogP contribution in [0.5, 0.6) is 0 Å². The molecule has 0 spiro atoms. The Labute approximate surface area is 110 Å². The Morgan fingerprint density at radius 1 is 1.11 bits per heavy atom. The fraction of sp³-hybridized carbons (Fsp3) is 0.0769. The second-order valence-corrected chi connectivity index (χ2v) is 6.00. The van der Waals surface area contributed by atoms with Gasteiger partial charge in [-0.2, -0.15) is 0 Å². The molecule has 2 aromatic rings. The predicted octanol–water partition coefficient (Wildman–Crippen LogP) is 1.43. The number of rotatable bonds is 2. The van der Waals surface area contributed by atoms with E-state index in [-0.39, 0.29) is 17.0 Å². The molecule has 19 heavy (non-hydrogen) atoms. The highest BCUT2D eigenvalue weighted by Gasteiger charge is 2.40. The number of carbonyl (C=O) groups excluding carboxylic acids is 1. The Hall–Kier alpha value is -2.21. The number of benzene rings is 1. The van der Waals surface area contributed by atoms with Crippen molar-refractivity contribution >= 4 is 15.9 Å². The lowest BCUT2D eigenvalue weighted by Gasteiger charge is -2.14. The van der Waals surface area contributed by atoms with Crippen molar-refractivity contribution in [3.05, 3.63) is 59.9 Å². The SMILES string of the molecule is O=C1c2ccccc2S(=O)(=O)N1Cc1cccnc1. The summed E-state index contributed by atoms with van der Waals surface area (Å²) in [5, 5.41) is 0. The fourth-order valence-corrected chi connectivity index (χ4v) is 3.60. The van der Waals surface area contributed by atoms with Gasteiger partial charge in [0, 0.05) is 12.4 Å². The van der Waals surface area contributed by atoms with Crippen molar-refractivity contribution in [3.63, 3.8) is 0 Å². The van der Waals surface area contributed by atoms with Crippen LogP contribution >= 0.6 is 0 Å². The van der Waals surface area contributed by atoms with E-state index in [1.807, 2.05) is 0 Å². The zero-order valence-electron chi connectivity index (χ0n) is 9.85. The van der Waals surface area contributed by atoms with Crippen molar-refractivity contribution in [2.24, 2.45) is 0 Å². The van der Waals surface area contributed by atoms with Crippen LogP contribution in [0.4, 0.5) is 0 Å². The fourth-order valence-electron chi connectivity index (χ4n) is 2.04. The first-order chi connectivity index (χ1) is 9.10. The van der Waals surface area contributed by atoms with E-state index in [0.717, 1.165) is 4.31 Å². The van der Waals surface area contributed by atoms with Crippen LogP contribution in [-0.2, 0) is 16.6 Å². The van der Waals surface area contributed by atoms with E-state index in [1.54, 1.807) is 36.7 Å². The van der Waals surface area contributed by atoms with Crippen molar-refractivity contribution in [2.45, 2.75) is 11.4 Å². The minimum atomic E-state index is -3.74. The highest BCUT2D eigenvalue weighted by Crippen LogP contribution is 2.30. The molecule has 1 aliphatic rings. The Kier molecular flexibility index (Phi) is 2.60. The van der Waals surface area contributed by atoms with Crippen LogP contribution in [-0.4, -0.2) is 23.6 Å². The molecular weight excluding hydrogens is 264 g/mol. The van der Waals surface area contributed by atoms with Crippen molar-refractivity contribution in [1.82, 2.24) is 9.29 Å². The van der Waals surface area contributed by atoms with Crippen LogP contribution in [0.25, 0.3) is 0 Å². The normalized spacial score (nSPS) is 16.4. The monoisotopic (exact) mass is 274 g/mol. The molecular formula is C13H10N2O3S. The molecule has 3 rings (SSSR count). The van der Waals surface area contributed by atoms with Crippen molar-refractivity contribution in [3.8, 4) is 0 Å². The Balaban J connectivity index is 2.04. The molecule has 0 N–H and O–H groups in total. The average molecular weight is 274 g/mol. The van der Waals surface area contributed by atoms with Gasteiger partial charge in [-0.25, -0.2) is 12.7 Å². The van der Waals surface area contributed by atoms with E-state index in [1.165, 1.54) is 12.1 Å². The van der Waals surface area contributed by atoms with E-state index in [0.29, 0.717) is 5.56 Å². The van der Waals surface area contributed by atoms with Crippen LogP contribution < -0.4 is 0 Å². The number of pyridine rings is 1. The van der Waals surface area contributed by atoms with E-state index < -0.39 is 15.9 Å². The number of amides is 1. The van der Waals surface area contributed by atoms with Gasteiger partial charge < -0.3 is 0 Å². The minimum absolute atomic E-state index is 0.00366. The Morgan fingerprint density at radius 3 is 2.58 bits per heavy atom. The van der Waals surface area contributed by atoms with Crippen LogP contribution in [0, 0.1) is 0 Å². The zero-order valence-corrected chi connectivity index (χ0v) is 10.7. The molecule has 1 aromatic heterocycles. The summed E-state index contributed by atoms with van der Waals surface area (Å²) in [5.74, 6) is -0.487. The zero-order chi connectivity index (χ0) is 13.5. The van der Waals surface area contributed by atoms with Gasteiger partial charge in [0.2, 0.25) is 0 Å². The molecule has 0 saturated carbocycles. The number of sulfonamides is 1. The number of fused-ring (bicyclic) bond motifs is 1. The van der Waals surface area contributed by atoms with Gasteiger partial charge in [-0.1, -0.05) is 18.2 Å². The van der Waals surface area contributed by atoms with E-state index in [2.05, 4.69) is 4.98 Å². The number of hydrogen-bond donors (Lipinski definition) is 0. The molecule has 0 radical (unpaired) electrons. The van der Waals surface area contributed by atoms with E-state index in [9.17, 15) is 13.2 Å². The van der Waals surface area contributed by atoms with Crippen LogP contribution in [0.2, 0.25) is 0 Å². The second kappa shape index (κ2) is 4.17. The third-order valence-corrected chi connectivity index (χ3v) is 4.75. The first kappa shape index (κ1) is 11.9. The van der Waals surface area contributed by atoms with Gasteiger partial charge >= 0.3 is 0 Å². The van der Waals surface area contributed by atoms with Gasteiger partial charge in [0.25, 0.3) is 15.9 Å². The highest BCUT2D eigenvalue weighted by atomic mass is 32.2. The van der Waals surface area contributed by atoms with Crippen LogP contribution in [0.15, 0.2) is 53.7 Å². The van der Waals surface area contributed by atoms with Gasteiger partial charge in [-0.15, -0.1) is 0 Å². The molecule has 0 fully saturated rings. The summed E-state index contributed by atoms with van der Waals surface area (Å²) >= 11 is 0. The molecule has 6 heteroatoms. The maximum Gasteiger partial charge on any atom is 0.269 e. The highest BCUT2D eigenvalue weighted by molar-refractivity contribution is 7.90. The van der Waals surface area contributed by atoms with Crippen LogP contribution in [0.1, 0.15) is 15.9 Å². The lowest BCUT2D eigenvalue weighted by molar-refractivity contribution is 0.0865. The van der Waals surface area contributed by atoms with Crippen LogP contribution in [0.3, 0.4) is 0 Å². The summed E-state index contributed by atoms with van der Waals surface area (Å²) in [6, 6.07) is 9.68. The summed E-state index contributed by atoms with van der Waals surface area (Å²) in [5.41, 5.74) is 0.902. The molecule has 0 aliphatic carbocycles. The number of hydrogen-bond acceptors (Lipinski definition) is 4. The van der Waals surface area contributed by atoms with E-state index >= 15 is 0 Å². The molecule has 96 valence electrons. The number of carbonyl (C=O) groups is 1. The Bertz CT molecular complexity index is 741. The van der Waals surface area contributed by atoms with Crippen molar-refractivity contribution in [2.75, 3.05) is 0 Å². The number of aromatic nitrogens is 1. The first-order valence-electron chi connectivity index (χ1n) is 5.66. The van der Waals surface area contributed by atoms with Gasteiger partial charge in [0.05, 0.1) is 12.1 Å². The summed E-state index contributed by atoms with van der Waals surface area (Å²) in [6.45, 7) is 0.00366. The molecule has 0 atom stereocenters. The summed E-state index contributed by atoms with van der Waals surface area (Å²) < 4.78 is 25.5. The molecule has 0 saturated heterocycles. The van der Waals surface area contributed by atoms with E-state index in [4.69, 9.17) is 0 Å². The summed E-state index contributed by atoms with van der Waals surface area (Å²) in [4.78, 5) is 16.1. The molecule has 5 nitrogen and oxygen atoms in total. The Morgan fingerprint density at radius 2 is 1.89 bits per heavy atom. The average Bonchev–Trinajstić information content (AvgIpc) is 2.62. The maximum absolute atomic E-state index is 12.3. The lowest BCUT2D eigenvalue weighted by atomic mass is 10.2. The number of nitrogens with zero attached hydrogens (tertiary/aromatic N) is 2. The van der Waals surface area contributed by atoms with Gasteiger partial charge in [-0.3, -0.25) is 9.78 Å². The molecule has 1 amide bonds. The predicted molar refractivity (Wildman–Crippen MR) is 67.7 cm³/mol. The second-order valence-electron chi connectivity index (χ2n) is 4.17.